The Morgan fingerprint density at radius 2 is 2.05 bits per heavy atom. The molecule has 1 rings (SSSR count). The molecule has 0 bridgehead atoms. The highest BCUT2D eigenvalue weighted by Crippen LogP contribution is 2.20. The first kappa shape index (κ1) is 16.5. The Balaban J connectivity index is 2.62. The molecular formula is C14H24N2O4. The van der Waals surface area contributed by atoms with Gasteiger partial charge in [-0.05, 0) is 19.8 Å². The van der Waals surface area contributed by atoms with Crippen molar-refractivity contribution >= 4 is 17.8 Å². The number of likely N-dealkylation sites (tertiary alicyclic amines) is 1. The maximum atomic E-state index is 12.2. The van der Waals surface area contributed by atoms with Gasteiger partial charge < -0.3 is 15.0 Å². The Labute approximate surface area is 119 Å². The molecule has 20 heavy (non-hydrogen) atoms. The molecule has 0 aliphatic carbocycles. The Hall–Kier alpha value is -1.59. The van der Waals surface area contributed by atoms with Crippen LogP contribution in [0.5, 0.6) is 0 Å². The van der Waals surface area contributed by atoms with Crippen molar-refractivity contribution in [3.05, 3.63) is 0 Å². The van der Waals surface area contributed by atoms with E-state index in [9.17, 15) is 14.4 Å². The number of rotatable bonds is 5. The van der Waals surface area contributed by atoms with Crippen LogP contribution in [0.3, 0.4) is 0 Å². The number of amides is 2. The zero-order valence-corrected chi connectivity index (χ0v) is 12.9. The van der Waals surface area contributed by atoms with E-state index in [-0.39, 0.29) is 18.2 Å². The summed E-state index contributed by atoms with van der Waals surface area (Å²) in [6.45, 7) is 8.30. The van der Waals surface area contributed by atoms with Crippen LogP contribution in [0.1, 0.15) is 34.1 Å². The lowest BCUT2D eigenvalue weighted by Gasteiger charge is -2.25. The molecule has 1 atom stereocenters. The van der Waals surface area contributed by atoms with Crippen LogP contribution in [-0.4, -0.2) is 48.4 Å². The van der Waals surface area contributed by atoms with Gasteiger partial charge in [0.25, 0.3) is 0 Å². The van der Waals surface area contributed by atoms with E-state index in [0.29, 0.717) is 19.0 Å². The third kappa shape index (κ3) is 3.95. The Kier molecular flexibility index (Phi) is 5.14. The van der Waals surface area contributed by atoms with Gasteiger partial charge in [-0.2, -0.15) is 0 Å². The van der Waals surface area contributed by atoms with E-state index in [1.165, 1.54) is 7.11 Å². The molecule has 2 amide bonds. The second-order valence-corrected chi connectivity index (χ2v) is 6.20. The molecule has 0 aromatic rings. The molecule has 1 saturated heterocycles. The first-order valence-electron chi connectivity index (χ1n) is 6.85. The van der Waals surface area contributed by atoms with Gasteiger partial charge in [-0.1, -0.05) is 13.8 Å². The van der Waals surface area contributed by atoms with E-state index < -0.39 is 17.4 Å². The van der Waals surface area contributed by atoms with Crippen LogP contribution in [0.4, 0.5) is 0 Å². The standard InChI is InChI=1S/C14H24N2O4/c1-9(2)7-16-8-10(6-11(16)17)12(18)15-14(3,4)13(19)20-5/h9-10H,6-8H2,1-5H3,(H,15,18). The summed E-state index contributed by atoms with van der Waals surface area (Å²) in [6.07, 6.45) is 0.204. The minimum absolute atomic E-state index is 0.00489. The van der Waals surface area contributed by atoms with Gasteiger partial charge in [-0.3, -0.25) is 9.59 Å². The molecule has 0 spiro atoms. The molecule has 1 aliphatic rings. The highest BCUT2D eigenvalue weighted by molar-refractivity contribution is 5.92. The molecule has 1 N–H and O–H groups in total. The predicted molar refractivity (Wildman–Crippen MR) is 73.8 cm³/mol. The number of hydrogen-bond donors (Lipinski definition) is 1. The highest BCUT2D eigenvalue weighted by Gasteiger charge is 2.38. The van der Waals surface area contributed by atoms with Crippen molar-refractivity contribution < 1.29 is 19.1 Å². The van der Waals surface area contributed by atoms with Crippen LogP contribution >= 0.6 is 0 Å². The van der Waals surface area contributed by atoms with Crippen molar-refractivity contribution in [2.75, 3.05) is 20.2 Å². The van der Waals surface area contributed by atoms with Crippen molar-refractivity contribution in [3.63, 3.8) is 0 Å². The largest absolute Gasteiger partial charge is 0.467 e. The third-order valence-corrected chi connectivity index (χ3v) is 3.30. The van der Waals surface area contributed by atoms with Crippen molar-refractivity contribution in [3.8, 4) is 0 Å². The van der Waals surface area contributed by atoms with E-state index in [2.05, 4.69) is 10.1 Å². The molecule has 0 saturated carbocycles. The van der Waals surface area contributed by atoms with Gasteiger partial charge in [0.05, 0.1) is 13.0 Å². The number of esters is 1. The smallest absolute Gasteiger partial charge is 0.330 e. The molecule has 1 unspecified atom stereocenters. The van der Waals surface area contributed by atoms with Crippen LogP contribution in [-0.2, 0) is 19.1 Å². The van der Waals surface area contributed by atoms with Gasteiger partial charge in [0.2, 0.25) is 11.8 Å². The van der Waals surface area contributed by atoms with E-state index in [0.717, 1.165) is 0 Å². The maximum absolute atomic E-state index is 12.2. The number of carbonyl (C=O) groups excluding carboxylic acids is 3. The van der Waals surface area contributed by atoms with Gasteiger partial charge in [-0.25, -0.2) is 4.79 Å². The monoisotopic (exact) mass is 284 g/mol. The normalized spacial score (nSPS) is 19.4. The zero-order chi connectivity index (χ0) is 15.5. The number of nitrogens with one attached hydrogen (secondary N) is 1. The van der Waals surface area contributed by atoms with Gasteiger partial charge in [0, 0.05) is 19.5 Å². The van der Waals surface area contributed by atoms with Crippen LogP contribution in [0.25, 0.3) is 0 Å². The molecule has 0 radical (unpaired) electrons. The Morgan fingerprint density at radius 1 is 1.45 bits per heavy atom. The number of carbonyl (C=O) groups is 3. The third-order valence-electron chi connectivity index (χ3n) is 3.30. The first-order valence-corrected chi connectivity index (χ1v) is 6.85. The number of hydrogen-bond acceptors (Lipinski definition) is 4. The summed E-state index contributed by atoms with van der Waals surface area (Å²) < 4.78 is 4.64. The fourth-order valence-corrected chi connectivity index (χ4v) is 2.28. The summed E-state index contributed by atoms with van der Waals surface area (Å²) in [7, 11) is 1.28. The fourth-order valence-electron chi connectivity index (χ4n) is 2.28. The van der Waals surface area contributed by atoms with Crippen LogP contribution in [0.15, 0.2) is 0 Å². The fraction of sp³-hybridized carbons (Fsp3) is 0.786. The highest BCUT2D eigenvalue weighted by atomic mass is 16.5. The molecule has 6 nitrogen and oxygen atoms in total. The van der Waals surface area contributed by atoms with E-state index in [4.69, 9.17) is 0 Å². The minimum atomic E-state index is -1.08. The molecule has 1 fully saturated rings. The van der Waals surface area contributed by atoms with Crippen molar-refractivity contribution in [1.82, 2.24) is 10.2 Å². The van der Waals surface area contributed by atoms with Gasteiger partial charge in [0.15, 0.2) is 0 Å². The molecular weight excluding hydrogens is 260 g/mol. The van der Waals surface area contributed by atoms with Crippen LogP contribution < -0.4 is 5.32 Å². The molecule has 0 aromatic heterocycles. The molecule has 1 heterocycles. The van der Waals surface area contributed by atoms with Crippen LogP contribution in [0, 0.1) is 11.8 Å². The lowest BCUT2D eigenvalue weighted by Crippen LogP contribution is -2.52. The summed E-state index contributed by atoms with van der Waals surface area (Å²) in [5.41, 5.74) is -1.08. The molecule has 114 valence electrons. The number of nitrogens with zero attached hydrogens (tertiary/aromatic N) is 1. The summed E-state index contributed by atoms with van der Waals surface area (Å²) in [6, 6.07) is 0. The molecule has 0 aromatic carbocycles. The summed E-state index contributed by atoms with van der Waals surface area (Å²) in [5, 5.41) is 2.65. The molecule has 1 aliphatic heterocycles. The van der Waals surface area contributed by atoms with Crippen molar-refractivity contribution in [1.29, 1.82) is 0 Å². The quantitative estimate of drug-likeness (QED) is 0.748. The van der Waals surface area contributed by atoms with E-state index in [1.54, 1.807) is 18.7 Å². The van der Waals surface area contributed by atoms with Gasteiger partial charge in [0.1, 0.15) is 5.54 Å². The lowest BCUT2D eigenvalue weighted by atomic mass is 10.0. The number of ether oxygens (including phenoxy) is 1. The Bertz CT molecular complexity index is 404. The molecule has 6 heteroatoms. The summed E-state index contributed by atoms with van der Waals surface area (Å²) in [4.78, 5) is 37.2. The second kappa shape index (κ2) is 6.24. The topological polar surface area (TPSA) is 75.7 Å². The number of methoxy groups -OCH3 is 1. The van der Waals surface area contributed by atoms with Crippen molar-refractivity contribution in [2.24, 2.45) is 11.8 Å². The minimum Gasteiger partial charge on any atom is -0.467 e. The average molecular weight is 284 g/mol. The van der Waals surface area contributed by atoms with Crippen molar-refractivity contribution in [2.45, 2.75) is 39.7 Å². The average Bonchev–Trinajstić information content (AvgIpc) is 2.68. The second-order valence-electron chi connectivity index (χ2n) is 6.20. The lowest BCUT2D eigenvalue weighted by molar-refractivity contribution is -0.149. The zero-order valence-electron chi connectivity index (χ0n) is 12.9. The predicted octanol–water partition coefficient (Wildman–Crippen LogP) is 0.559. The van der Waals surface area contributed by atoms with E-state index in [1.807, 2.05) is 13.8 Å². The SMILES string of the molecule is COC(=O)C(C)(C)NC(=O)C1CC(=O)N(CC(C)C)C1. The summed E-state index contributed by atoms with van der Waals surface area (Å²) >= 11 is 0. The van der Waals surface area contributed by atoms with E-state index >= 15 is 0 Å². The van der Waals surface area contributed by atoms with Crippen LogP contribution in [0.2, 0.25) is 0 Å². The maximum Gasteiger partial charge on any atom is 0.330 e. The first-order chi connectivity index (χ1) is 9.17. The summed E-state index contributed by atoms with van der Waals surface area (Å²) in [5.74, 6) is -0.818. The van der Waals surface area contributed by atoms with Gasteiger partial charge in [-0.15, -0.1) is 0 Å². The van der Waals surface area contributed by atoms with Gasteiger partial charge >= 0.3 is 5.97 Å². The Morgan fingerprint density at radius 3 is 2.55 bits per heavy atom.